The molecule has 0 aliphatic rings. The molecule has 0 spiro atoms. The minimum absolute atomic E-state index is 0.0347. The Morgan fingerprint density at radius 2 is 1.63 bits per heavy atom. The summed E-state index contributed by atoms with van der Waals surface area (Å²) in [6.07, 6.45) is 0. The van der Waals surface area contributed by atoms with Gasteiger partial charge in [0.2, 0.25) is 5.75 Å². The van der Waals surface area contributed by atoms with Gasteiger partial charge in [0.25, 0.3) is 0 Å². The molecule has 0 atom stereocenters. The van der Waals surface area contributed by atoms with Crippen LogP contribution >= 0.6 is 15.9 Å². The smallest absolute Gasteiger partial charge is 0.311 e. The Bertz CT molecular complexity index is 641. The Morgan fingerprint density at radius 1 is 1.05 bits per heavy atom. The monoisotopic (exact) mass is 321 g/mol. The molecule has 19 heavy (non-hydrogen) atoms. The van der Waals surface area contributed by atoms with Gasteiger partial charge in [0, 0.05) is 6.07 Å². The highest BCUT2D eigenvalue weighted by Crippen LogP contribution is 2.35. The first kappa shape index (κ1) is 13.5. The zero-order valence-corrected chi connectivity index (χ0v) is 12.1. The van der Waals surface area contributed by atoms with Crippen molar-refractivity contribution in [1.29, 1.82) is 0 Å². The molecule has 0 N–H and O–H groups in total. The quantitative estimate of drug-likeness (QED) is 0.604. The van der Waals surface area contributed by atoms with E-state index in [2.05, 4.69) is 15.9 Å². The summed E-state index contributed by atoms with van der Waals surface area (Å²) in [5.74, 6) is 0.790. The van der Waals surface area contributed by atoms with Crippen LogP contribution in [0.5, 0.6) is 11.5 Å². The average molecular weight is 322 g/mol. The molecule has 0 amide bonds. The zero-order chi connectivity index (χ0) is 14.0. The highest BCUT2D eigenvalue weighted by molar-refractivity contribution is 9.10. The van der Waals surface area contributed by atoms with Crippen molar-refractivity contribution < 1.29 is 9.66 Å². The molecular weight excluding hydrogens is 310 g/mol. The van der Waals surface area contributed by atoms with E-state index in [4.69, 9.17) is 4.74 Å². The molecule has 0 fully saturated rings. The van der Waals surface area contributed by atoms with Crippen molar-refractivity contribution in [2.24, 2.45) is 0 Å². The number of ether oxygens (including phenoxy) is 1. The number of hydrogen-bond donors (Lipinski definition) is 0. The van der Waals surface area contributed by atoms with Crippen LogP contribution < -0.4 is 4.74 Å². The number of hydrogen-bond acceptors (Lipinski definition) is 3. The SMILES string of the molecule is Cc1ccc(Oc2ccc(C)cc2[N+](=O)[O-])c(Br)c1. The fourth-order valence-corrected chi connectivity index (χ4v) is 2.24. The summed E-state index contributed by atoms with van der Waals surface area (Å²) in [7, 11) is 0. The first-order valence-electron chi connectivity index (χ1n) is 5.66. The van der Waals surface area contributed by atoms with Crippen LogP contribution in [-0.4, -0.2) is 4.92 Å². The predicted molar refractivity (Wildman–Crippen MR) is 76.8 cm³/mol. The van der Waals surface area contributed by atoms with Crippen molar-refractivity contribution in [3.63, 3.8) is 0 Å². The van der Waals surface area contributed by atoms with Gasteiger partial charge in [-0.05, 0) is 59.1 Å². The van der Waals surface area contributed by atoms with Crippen LogP contribution in [-0.2, 0) is 0 Å². The second kappa shape index (κ2) is 5.40. The Morgan fingerprint density at radius 3 is 2.21 bits per heavy atom. The predicted octanol–water partition coefficient (Wildman–Crippen LogP) is 4.77. The molecule has 2 aromatic rings. The molecule has 0 aromatic heterocycles. The van der Waals surface area contributed by atoms with Gasteiger partial charge in [-0.1, -0.05) is 12.1 Å². The topological polar surface area (TPSA) is 52.4 Å². The van der Waals surface area contributed by atoms with E-state index in [9.17, 15) is 10.1 Å². The lowest BCUT2D eigenvalue weighted by Gasteiger charge is -2.09. The van der Waals surface area contributed by atoms with Gasteiger partial charge < -0.3 is 4.74 Å². The van der Waals surface area contributed by atoms with E-state index >= 15 is 0 Å². The van der Waals surface area contributed by atoms with Crippen LogP contribution in [0.15, 0.2) is 40.9 Å². The van der Waals surface area contributed by atoms with Crippen molar-refractivity contribution in [3.05, 3.63) is 62.1 Å². The summed E-state index contributed by atoms with van der Waals surface area (Å²) >= 11 is 3.39. The van der Waals surface area contributed by atoms with Crippen LogP contribution in [0.3, 0.4) is 0 Å². The maximum Gasteiger partial charge on any atom is 0.311 e. The van der Waals surface area contributed by atoms with Crippen molar-refractivity contribution in [1.82, 2.24) is 0 Å². The molecule has 0 radical (unpaired) electrons. The number of nitrogens with zero attached hydrogens (tertiary/aromatic N) is 1. The van der Waals surface area contributed by atoms with E-state index in [1.165, 1.54) is 6.07 Å². The van der Waals surface area contributed by atoms with Gasteiger partial charge in [-0.25, -0.2) is 0 Å². The second-order valence-corrected chi connectivity index (χ2v) is 5.12. The molecule has 0 bridgehead atoms. The summed E-state index contributed by atoms with van der Waals surface area (Å²) in [4.78, 5) is 10.6. The maximum absolute atomic E-state index is 11.0. The molecular formula is C14H12BrNO3. The van der Waals surface area contributed by atoms with E-state index in [1.807, 2.05) is 19.1 Å². The third kappa shape index (κ3) is 3.12. The maximum atomic E-state index is 11.0. The van der Waals surface area contributed by atoms with Crippen molar-refractivity contribution >= 4 is 21.6 Å². The van der Waals surface area contributed by atoms with Crippen molar-refractivity contribution in [3.8, 4) is 11.5 Å². The lowest BCUT2D eigenvalue weighted by atomic mass is 10.2. The highest BCUT2D eigenvalue weighted by atomic mass is 79.9. The normalized spacial score (nSPS) is 10.3. The van der Waals surface area contributed by atoms with Gasteiger partial charge >= 0.3 is 5.69 Å². The number of halogens is 1. The summed E-state index contributed by atoms with van der Waals surface area (Å²) in [6.45, 7) is 3.77. The molecule has 0 unspecified atom stereocenters. The van der Waals surface area contributed by atoms with Gasteiger partial charge in [-0.2, -0.15) is 0 Å². The van der Waals surface area contributed by atoms with E-state index < -0.39 is 4.92 Å². The minimum atomic E-state index is -0.440. The minimum Gasteiger partial charge on any atom is -0.449 e. The Balaban J connectivity index is 2.40. The van der Waals surface area contributed by atoms with Gasteiger partial charge in [0.05, 0.1) is 9.40 Å². The second-order valence-electron chi connectivity index (χ2n) is 4.26. The Labute approximate surface area is 119 Å². The fourth-order valence-electron chi connectivity index (χ4n) is 1.66. The van der Waals surface area contributed by atoms with Crippen LogP contribution in [0.4, 0.5) is 5.69 Å². The van der Waals surface area contributed by atoms with Crippen LogP contribution in [0.25, 0.3) is 0 Å². The fraction of sp³-hybridized carbons (Fsp3) is 0.143. The molecule has 4 nitrogen and oxygen atoms in total. The van der Waals surface area contributed by atoms with Crippen LogP contribution in [0, 0.1) is 24.0 Å². The number of rotatable bonds is 3. The first-order chi connectivity index (χ1) is 8.97. The lowest BCUT2D eigenvalue weighted by Crippen LogP contribution is -1.94. The van der Waals surface area contributed by atoms with Crippen LogP contribution in [0.2, 0.25) is 0 Å². The number of aryl methyl sites for hydroxylation is 2. The van der Waals surface area contributed by atoms with E-state index in [1.54, 1.807) is 25.1 Å². The van der Waals surface area contributed by atoms with E-state index in [0.29, 0.717) is 5.75 Å². The van der Waals surface area contributed by atoms with Crippen molar-refractivity contribution in [2.75, 3.05) is 0 Å². The van der Waals surface area contributed by atoms with Crippen molar-refractivity contribution in [2.45, 2.75) is 13.8 Å². The summed E-state index contributed by atoms with van der Waals surface area (Å²) in [5.41, 5.74) is 1.87. The molecule has 0 heterocycles. The summed E-state index contributed by atoms with van der Waals surface area (Å²) < 4.78 is 6.39. The molecule has 0 aliphatic carbocycles. The lowest BCUT2D eigenvalue weighted by molar-refractivity contribution is -0.385. The average Bonchev–Trinajstić information content (AvgIpc) is 2.34. The highest BCUT2D eigenvalue weighted by Gasteiger charge is 2.16. The third-order valence-electron chi connectivity index (χ3n) is 2.62. The number of benzene rings is 2. The first-order valence-corrected chi connectivity index (χ1v) is 6.46. The van der Waals surface area contributed by atoms with Gasteiger partial charge in [0.1, 0.15) is 5.75 Å². The van der Waals surface area contributed by atoms with Gasteiger partial charge in [-0.15, -0.1) is 0 Å². The largest absolute Gasteiger partial charge is 0.449 e. The zero-order valence-electron chi connectivity index (χ0n) is 10.5. The third-order valence-corrected chi connectivity index (χ3v) is 3.24. The molecule has 0 saturated heterocycles. The summed E-state index contributed by atoms with van der Waals surface area (Å²) in [5, 5.41) is 11.0. The molecule has 0 saturated carbocycles. The molecule has 0 aliphatic heterocycles. The molecule has 98 valence electrons. The standard InChI is InChI=1S/C14H12BrNO3/c1-9-3-5-13(11(15)7-9)19-14-6-4-10(2)8-12(14)16(17)18/h3-8H,1-2H3. The Hall–Kier alpha value is -1.88. The van der Waals surface area contributed by atoms with Crippen LogP contribution in [0.1, 0.15) is 11.1 Å². The summed E-state index contributed by atoms with van der Waals surface area (Å²) in [6, 6.07) is 10.5. The molecule has 2 aromatic carbocycles. The van der Waals surface area contributed by atoms with E-state index in [-0.39, 0.29) is 11.4 Å². The number of nitro benzene ring substituents is 1. The number of nitro groups is 1. The van der Waals surface area contributed by atoms with Gasteiger partial charge in [0.15, 0.2) is 0 Å². The van der Waals surface area contributed by atoms with E-state index in [0.717, 1.165) is 15.6 Å². The van der Waals surface area contributed by atoms with Gasteiger partial charge in [-0.3, -0.25) is 10.1 Å². The Kier molecular flexibility index (Phi) is 3.85. The molecule has 2 rings (SSSR count). The molecule has 5 heteroatoms.